The van der Waals surface area contributed by atoms with Crippen LogP contribution in [0.3, 0.4) is 0 Å². The lowest BCUT2D eigenvalue weighted by molar-refractivity contribution is -0.117. The number of hydrogen-bond donors (Lipinski definition) is 1. The molecule has 2 heteroatoms. The van der Waals surface area contributed by atoms with Crippen LogP contribution in [-0.2, 0) is 4.79 Å². The molecule has 1 atom stereocenters. The molecule has 0 aromatic heterocycles. The molecule has 0 aliphatic carbocycles. The van der Waals surface area contributed by atoms with Gasteiger partial charge in [-0.2, -0.15) is 0 Å². The Bertz CT molecular complexity index is 166. The van der Waals surface area contributed by atoms with E-state index < -0.39 is 0 Å². The van der Waals surface area contributed by atoms with E-state index in [4.69, 9.17) is 0 Å². The van der Waals surface area contributed by atoms with E-state index in [2.05, 4.69) is 6.92 Å². The van der Waals surface area contributed by atoms with Crippen molar-refractivity contribution in [2.45, 2.75) is 84.2 Å². The van der Waals surface area contributed by atoms with Gasteiger partial charge >= 0.3 is 0 Å². The fraction of sp³-hybridized carbons (Fsp3) is 0.929. The minimum atomic E-state index is -0.264. The van der Waals surface area contributed by atoms with Crippen molar-refractivity contribution in [1.29, 1.82) is 0 Å². The number of unbranched alkanes of at least 4 members (excludes halogenated alkanes) is 6. The lowest BCUT2D eigenvalue weighted by Crippen LogP contribution is -2.08. The second-order valence-electron chi connectivity index (χ2n) is 4.80. The maximum absolute atomic E-state index is 10.7. The largest absolute Gasteiger partial charge is 0.393 e. The molecule has 96 valence electrons. The molecule has 0 aliphatic rings. The van der Waals surface area contributed by atoms with Crippen LogP contribution >= 0.6 is 0 Å². The van der Waals surface area contributed by atoms with Gasteiger partial charge in [-0.05, 0) is 19.8 Å². The predicted octanol–water partition coefficient (Wildman–Crippen LogP) is 3.86. The highest BCUT2D eigenvalue weighted by Crippen LogP contribution is 2.11. The van der Waals surface area contributed by atoms with E-state index in [-0.39, 0.29) is 11.9 Å². The molecule has 0 saturated carbocycles. The number of Topliss-reactive ketones (excluding diaryl/α,β-unsaturated/α-hetero) is 1. The Morgan fingerprint density at radius 3 is 2.12 bits per heavy atom. The second kappa shape index (κ2) is 11.1. The quantitative estimate of drug-likeness (QED) is 0.545. The maximum atomic E-state index is 10.7. The summed E-state index contributed by atoms with van der Waals surface area (Å²) in [6.07, 6.45) is 10.7. The van der Waals surface area contributed by atoms with E-state index in [0.29, 0.717) is 12.8 Å². The van der Waals surface area contributed by atoms with E-state index in [9.17, 15) is 9.90 Å². The van der Waals surface area contributed by atoms with Gasteiger partial charge in [-0.1, -0.05) is 51.9 Å². The highest BCUT2D eigenvalue weighted by molar-refractivity contribution is 5.75. The third-order valence-electron chi connectivity index (χ3n) is 2.97. The van der Waals surface area contributed by atoms with Crippen molar-refractivity contribution < 1.29 is 9.90 Å². The van der Waals surface area contributed by atoms with Gasteiger partial charge in [0.25, 0.3) is 0 Å². The minimum absolute atomic E-state index is 0.179. The van der Waals surface area contributed by atoms with Gasteiger partial charge in [0, 0.05) is 6.42 Å². The smallest absolute Gasteiger partial charge is 0.129 e. The Balaban J connectivity index is 3.15. The van der Waals surface area contributed by atoms with Crippen molar-refractivity contribution >= 4 is 5.78 Å². The molecule has 0 saturated heterocycles. The number of hydrogen-bond acceptors (Lipinski definition) is 2. The maximum Gasteiger partial charge on any atom is 0.129 e. The number of aliphatic hydroxyl groups is 1. The third-order valence-corrected chi connectivity index (χ3v) is 2.97. The molecule has 0 aromatic rings. The van der Waals surface area contributed by atoms with Crippen molar-refractivity contribution in [2.24, 2.45) is 0 Å². The Morgan fingerprint density at radius 1 is 1.00 bits per heavy atom. The Labute approximate surface area is 100 Å². The van der Waals surface area contributed by atoms with Crippen LogP contribution in [0.1, 0.15) is 78.1 Å². The van der Waals surface area contributed by atoms with Gasteiger partial charge in [-0.15, -0.1) is 0 Å². The fourth-order valence-electron chi connectivity index (χ4n) is 1.85. The first-order chi connectivity index (χ1) is 7.66. The van der Waals surface area contributed by atoms with Crippen LogP contribution in [0.15, 0.2) is 0 Å². The van der Waals surface area contributed by atoms with Crippen molar-refractivity contribution in [2.75, 3.05) is 0 Å². The highest BCUT2D eigenvalue weighted by Gasteiger charge is 2.05. The standard InChI is InChI=1S/C14H28O2/c1-3-4-5-6-7-8-9-10-14(16)12-11-13(2)15/h14,16H,3-12H2,1-2H3. The molecular weight excluding hydrogens is 200 g/mol. The number of carbonyl (C=O) groups is 1. The van der Waals surface area contributed by atoms with E-state index in [0.717, 1.165) is 12.8 Å². The monoisotopic (exact) mass is 228 g/mol. The summed E-state index contributed by atoms with van der Waals surface area (Å²) in [6, 6.07) is 0. The summed E-state index contributed by atoms with van der Waals surface area (Å²) in [4.78, 5) is 10.7. The van der Waals surface area contributed by atoms with Gasteiger partial charge in [0.1, 0.15) is 5.78 Å². The average Bonchev–Trinajstić information content (AvgIpc) is 2.25. The molecule has 0 aliphatic heterocycles. The first-order valence-corrected chi connectivity index (χ1v) is 6.84. The number of rotatable bonds is 11. The number of carbonyl (C=O) groups excluding carboxylic acids is 1. The summed E-state index contributed by atoms with van der Waals surface area (Å²) in [5.41, 5.74) is 0. The van der Waals surface area contributed by atoms with Gasteiger partial charge < -0.3 is 9.90 Å². The molecule has 0 fully saturated rings. The minimum Gasteiger partial charge on any atom is -0.393 e. The van der Waals surface area contributed by atoms with Crippen molar-refractivity contribution in [3.63, 3.8) is 0 Å². The topological polar surface area (TPSA) is 37.3 Å². The van der Waals surface area contributed by atoms with E-state index in [1.165, 1.54) is 38.5 Å². The normalized spacial score (nSPS) is 12.7. The molecule has 1 unspecified atom stereocenters. The first-order valence-electron chi connectivity index (χ1n) is 6.84. The van der Waals surface area contributed by atoms with Gasteiger partial charge in [-0.3, -0.25) is 0 Å². The number of aliphatic hydroxyl groups excluding tert-OH is 1. The van der Waals surface area contributed by atoms with Crippen molar-refractivity contribution in [1.82, 2.24) is 0 Å². The predicted molar refractivity (Wildman–Crippen MR) is 68.5 cm³/mol. The summed E-state index contributed by atoms with van der Waals surface area (Å²) in [5.74, 6) is 0.179. The summed E-state index contributed by atoms with van der Waals surface area (Å²) >= 11 is 0. The molecule has 16 heavy (non-hydrogen) atoms. The first kappa shape index (κ1) is 15.6. The van der Waals surface area contributed by atoms with E-state index in [1.54, 1.807) is 6.92 Å². The van der Waals surface area contributed by atoms with Crippen LogP contribution in [-0.4, -0.2) is 17.0 Å². The molecule has 0 radical (unpaired) electrons. The molecule has 0 bridgehead atoms. The van der Waals surface area contributed by atoms with Crippen molar-refractivity contribution in [3.05, 3.63) is 0 Å². The summed E-state index contributed by atoms with van der Waals surface area (Å²) < 4.78 is 0. The molecule has 0 spiro atoms. The summed E-state index contributed by atoms with van der Waals surface area (Å²) in [6.45, 7) is 3.81. The summed E-state index contributed by atoms with van der Waals surface area (Å²) in [5, 5.41) is 9.59. The van der Waals surface area contributed by atoms with Crippen LogP contribution in [0.25, 0.3) is 0 Å². The lowest BCUT2D eigenvalue weighted by atomic mass is 10.0. The van der Waals surface area contributed by atoms with E-state index in [1.807, 2.05) is 0 Å². The Kier molecular flexibility index (Phi) is 10.9. The molecule has 0 rings (SSSR count). The average molecular weight is 228 g/mol. The Hall–Kier alpha value is -0.370. The molecule has 2 nitrogen and oxygen atoms in total. The zero-order valence-corrected chi connectivity index (χ0v) is 11.0. The fourth-order valence-corrected chi connectivity index (χ4v) is 1.85. The second-order valence-corrected chi connectivity index (χ2v) is 4.80. The van der Waals surface area contributed by atoms with Crippen LogP contribution in [0.4, 0.5) is 0 Å². The summed E-state index contributed by atoms with van der Waals surface area (Å²) in [7, 11) is 0. The van der Waals surface area contributed by atoms with Crippen LogP contribution in [0, 0.1) is 0 Å². The third kappa shape index (κ3) is 11.7. The van der Waals surface area contributed by atoms with Gasteiger partial charge in [0.05, 0.1) is 6.10 Å². The Morgan fingerprint density at radius 2 is 1.56 bits per heavy atom. The van der Waals surface area contributed by atoms with Crippen LogP contribution in [0.5, 0.6) is 0 Å². The van der Waals surface area contributed by atoms with Gasteiger partial charge in [0.15, 0.2) is 0 Å². The lowest BCUT2D eigenvalue weighted by Gasteiger charge is -2.08. The number of ketones is 1. The molecule has 0 amide bonds. The highest BCUT2D eigenvalue weighted by atomic mass is 16.3. The zero-order valence-electron chi connectivity index (χ0n) is 11.0. The molecule has 0 aromatic carbocycles. The SMILES string of the molecule is CCCCCCCCCC(O)CCC(C)=O. The van der Waals surface area contributed by atoms with Crippen LogP contribution < -0.4 is 0 Å². The van der Waals surface area contributed by atoms with E-state index >= 15 is 0 Å². The zero-order chi connectivity index (χ0) is 12.2. The molecule has 0 heterocycles. The van der Waals surface area contributed by atoms with Crippen LogP contribution in [0.2, 0.25) is 0 Å². The van der Waals surface area contributed by atoms with Gasteiger partial charge in [0.2, 0.25) is 0 Å². The van der Waals surface area contributed by atoms with Gasteiger partial charge in [-0.25, -0.2) is 0 Å². The molecular formula is C14H28O2. The molecule has 1 N–H and O–H groups in total. The van der Waals surface area contributed by atoms with Crippen molar-refractivity contribution in [3.8, 4) is 0 Å².